The van der Waals surface area contributed by atoms with Crippen molar-refractivity contribution >= 4 is 23.5 Å². The first kappa shape index (κ1) is 21.4. The van der Waals surface area contributed by atoms with Crippen LogP contribution in [0.3, 0.4) is 0 Å². The molecule has 1 aromatic heterocycles. The molecule has 156 valence electrons. The number of carbonyl (C=O) groups excluding carboxylic acids is 2. The van der Waals surface area contributed by atoms with Crippen molar-refractivity contribution < 1.29 is 32.0 Å². The maximum absolute atomic E-state index is 12.4. The molecule has 1 aromatic carbocycles. The molecule has 1 saturated heterocycles. The van der Waals surface area contributed by atoms with E-state index in [1.807, 2.05) is 0 Å². The molecule has 1 aliphatic heterocycles. The number of rotatable bonds is 7. The summed E-state index contributed by atoms with van der Waals surface area (Å²) in [4.78, 5) is 24.5. The molecule has 6 nitrogen and oxygen atoms in total. The van der Waals surface area contributed by atoms with E-state index in [2.05, 4.69) is 10.5 Å². The Hall–Kier alpha value is -2.33. The normalized spacial score (nSPS) is 15.3. The number of aromatic nitrogens is 1. The van der Waals surface area contributed by atoms with Gasteiger partial charge in [0.15, 0.2) is 5.69 Å². The summed E-state index contributed by atoms with van der Waals surface area (Å²) in [5.74, 6) is -0.570. The molecule has 2 heterocycles. The predicted octanol–water partition coefficient (Wildman–Crippen LogP) is 3.87. The van der Waals surface area contributed by atoms with Crippen LogP contribution >= 0.6 is 11.8 Å². The van der Waals surface area contributed by atoms with Gasteiger partial charge < -0.3 is 14.6 Å². The Bertz CT molecular complexity index is 846. The van der Waals surface area contributed by atoms with Gasteiger partial charge in [-0.2, -0.15) is 13.2 Å². The van der Waals surface area contributed by atoms with Gasteiger partial charge in [-0.05, 0) is 48.2 Å². The summed E-state index contributed by atoms with van der Waals surface area (Å²) in [6.45, 7) is 1.86. The molecule has 10 heteroatoms. The average molecular weight is 428 g/mol. The van der Waals surface area contributed by atoms with Crippen LogP contribution in [0, 0.1) is 5.92 Å². The molecular weight excluding hydrogens is 409 g/mol. The molecule has 0 radical (unpaired) electrons. The highest BCUT2D eigenvalue weighted by Gasteiger charge is 2.29. The van der Waals surface area contributed by atoms with Gasteiger partial charge in [0.05, 0.1) is 0 Å². The van der Waals surface area contributed by atoms with E-state index in [1.165, 1.54) is 30.3 Å². The fourth-order valence-corrected chi connectivity index (χ4v) is 3.41. The van der Waals surface area contributed by atoms with Crippen LogP contribution in [0.15, 0.2) is 39.8 Å². The van der Waals surface area contributed by atoms with Crippen LogP contribution in [-0.2, 0) is 11.2 Å². The Balaban J connectivity index is 1.52. The van der Waals surface area contributed by atoms with E-state index >= 15 is 0 Å². The summed E-state index contributed by atoms with van der Waals surface area (Å²) in [6.07, 6.45) is 1.68. The highest BCUT2D eigenvalue weighted by molar-refractivity contribution is 8.00. The number of thioether (sulfide) groups is 1. The van der Waals surface area contributed by atoms with Crippen LogP contribution in [-0.4, -0.2) is 42.1 Å². The maximum atomic E-state index is 12.4. The van der Waals surface area contributed by atoms with Crippen molar-refractivity contribution in [3.8, 4) is 0 Å². The van der Waals surface area contributed by atoms with Crippen molar-refractivity contribution in [3.63, 3.8) is 0 Å². The molecule has 0 aliphatic carbocycles. The zero-order chi connectivity index (χ0) is 20.9. The lowest BCUT2D eigenvalue weighted by atomic mass is 10.0. The number of halogens is 3. The summed E-state index contributed by atoms with van der Waals surface area (Å²) in [5, 5.41) is 6.41. The van der Waals surface area contributed by atoms with Gasteiger partial charge in [-0.3, -0.25) is 9.59 Å². The molecule has 1 aliphatic rings. The average Bonchev–Trinajstić information content (AvgIpc) is 3.18. The van der Waals surface area contributed by atoms with Crippen LogP contribution in [0.1, 0.15) is 39.4 Å². The third-order valence-electron chi connectivity index (χ3n) is 4.43. The van der Waals surface area contributed by atoms with E-state index < -0.39 is 17.2 Å². The van der Waals surface area contributed by atoms with Crippen LogP contribution in [0.5, 0.6) is 0 Å². The molecule has 0 unspecified atom stereocenters. The van der Waals surface area contributed by atoms with E-state index in [1.54, 1.807) is 0 Å². The van der Waals surface area contributed by atoms with Gasteiger partial charge in [0.1, 0.15) is 0 Å². The number of nitrogens with one attached hydrogen (secondary N) is 1. The Kier molecular flexibility index (Phi) is 6.96. The largest absolute Gasteiger partial charge is 0.446 e. The molecule has 0 spiro atoms. The van der Waals surface area contributed by atoms with E-state index in [0.29, 0.717) is 31.2 Å². The van der Waals surface area contributed by atoms with Gasteiger partial charge in [0, 0.05) is 37.1 Å². The molecule has 29 heavy (non-hydrogen) atoms. The summed E-state index contributed by atoms with van der Waals surface area (Å²) < 4.78 is 47.3. The lowest BCUT2D eigenvalue weighted by Crippen LogP contribution is -2.32. The minimum Gasteiger partial charge on any atom is -0.381 e. The molecule has 0 atom stereocenters. The third-order valence-corrected chi connectivity index (χ3v) is 5.17. The Labute approximate surface area is 169 Å². The number of ether oxygens (including phenoxy) is 1. The van der Waals surface area contributed by atoms with Crippen molar-refractivity contribution in [1.29, 1.82) is 0 Å². The molecule has 1 fully saturated rings. The SMILES string of the molecule is O=C(NCC1CCOCC1)c1cc(C(=O)Cc2ccc(SC(F)(F)F)cc2)on1. The van der Waals surface area contributed by atoms with Gasteiger partial charge in [-0.1, -0.05) is 17.3 Å². The number of alkyl halides is 3. The zero-order valence-corrected chi connectivity index (χ0v) is 16.1. The summed E-state index contributed by atoms with van der Waals surface area (Å²) in [7, 11) is 0. The molecule has 3 rings (SSSR count). The second-order valence-electron chi connectivity index (χ2n) is 6.63. The Morgan fingerprint density at radius 1 is 1.17 bits per heavy atom. The number of carbonyl (C=O) groups is 2. The molecular formula is C19H19F3N2O4S. The summed E-state index contributed by atoms with van der Waals surface area (Å²) in [6, 6.07) is 6.77. The van der Waals surface area contributed by atoms with Gasteiger partial charge in [0.2, 0.25) is 11.5 Å². The van der Waals surface area contributed by atoms with Crippen LogP contribution < -0.4 is 5.32 Å². The molecule has 1 N–H and O–H groups in total. The Morgan fingerprint density at radius 2 is 1.86 bits per heavy atom. The first-order chi connectivity index (χ1) is 13.8. The molecule has 2 aromatic rings. The number of Topliss-reactive ketones (excluding diaryl/α,β-unsaturated/α-hetero) is 1. The fourth-order valence-electron chi connectivity index (χ4n) is 2.87. The number of benzene rings is 1. The van der Waals surface area contributed by atoms with Crippen LogP contribution in [0.2, 0.25) is 0 Å². The van der Waals surface area contributed by atoms with E-state index in [9.17, 15) is 22.8 Å². The molecule has 1 amide bonds. The lowest BCUT2D eigenvalue weighted by Gasteiger charge is -2.21. The number of amides is 1. The number of hydrogen-bond donors (Lipinski definition) is 1. The first-order valence-electron chi connectivity index (χ1n) is 9.01. The van der Waals surface area contributed by atoms with Crippen LogP contribution in [0.4, 0.5) is 13.2 Å². The van der Waals surface area contributed by atoms with Gasteiger partial charge >= 0.3 is 5.51 Å². The van der Waals surface area contributed by atoms with E-state index in [0.717, 1.165) is 12.8 Å². The number of hydrogen-bond acceptors (Lipinski definition) is 6. The van der Waals surface area contributed by atoms with Crippen LogP contribution in [0.25, 0.3) is 0 Å². The van der Waals surface area contributed by atoms with Crippen molar-refractivity contribution in [2.24, 2.45) is 5.92 Å². The molecule has 0 saturated carbocycles. The highest BCUT2D eigenvalue weighted by Crippen LogP contribution is 2.36. The maximum Gasteiger partial charge on any atom is 0.446 e. The summed E-state index contributed by atoms with van der Waals surface area (Å²) >= 11 is -0.219. The zero-order valence-electron chi connectivity index (χ0n) is 15.3. The minimum absolute atomic E-state index is 0.0114. The number of nitrogens with zero attached hydrogens (tertiary/aromatic N) is 1. The topological polar surface area (TPSA) is 81.4 Å². The van der Waals surface area contributed by atoms with E-state index in [4.69, 9.17) is 9.26 Å². The second-order valence-corrected chi connectivity index (χ2v) is 7.77. The minimum atomic E-state index is -4.36. The predicted molar refractivity (Wildman–Crippen MR) is 98.8 cm³/mol. The monoisotopic (exact) mass is 428 g/mol. The first-order valence-corrected chi connectivity index (χ1v) is 9.82. The van der Waals surface area contributed by atoms with Crippen molar-refractivity contribution in [1.82, 2.24) is 10.5 Å². The van der Waals surface area contributed by atoms with Gasteiger partial charge in [-0.15, -0.1) is 0 Å². The van der Waals surface area contributed by atoms with Gasteiger partial charge in [0.25, 0.3) is 5.91 Å². The highest BCUT2D eigenvalue weighted by atomic mass is 32.2. The smallest absolute Gasteiger partial charge is 0.381 e. The van der Waals surface area contributed by atoms with Crippen molar-refractivity contribution in [2.45, 2.75) is 29.7 Å². The van der Waals surface area contributed by atoms with Gasteiger partial charge in [-0.25, -0.2) is 0 Å². The number of ketones is 1. The van der Waals surface area contributed by atoms with Crippen molar-refractivity contribution in [3.05, 3.63) is 47.3 Å². The van der Waals surface area contributed by atoms with E-state index in [-0.39, 0.29) is 34.5 Å². The lowest BCUT2D eigenvalue weighted by molar-refractivity contribution is -0.0328. The quantitative estimate of drug-likeness (QED) is 0.533. The summed E-state index contributed by atoms with van der Waals surface area (Å²) in [5.41, 5.74) is -3.82. The third kappa shape index (κ3) is 6.60. The van der Waals surface area contributed by atoms with Crippen molar-refractivity contribution in [2.75, 3.05) is 19.8 Å². The standard InChI is InChI=1S/C19H19F3N2O4S/c20-19(21,22)29-14-3-1-12(2-4-14)9-16(25)17-10-15(24-28-17)18(26)23-11-13-5-7-27-8-6-13/h1-4,10,13H,5-9,11H2,(H,23,26). The Morgan fingerprint density at radius 3 is 2.52 bits per heavy atom. The fraction of sp³-hybridized carbons (Fsp3) is 0.421. The molecule has 0 bridgehead atoms. The second kappa shape index (κ2) is 9.45.